The lowest BCUT2D eigenvalue weighted by molar-refractivity contribution is 0.0769. The van der Waals surface area contributed by atoms with Crippen molar-refractivity contribution < 1.29 is 9.90 Å². The third-order valence-corrected chi connectivity index (χ3v) is 2.45. The van der Waals surface area contributed by atoms with E-state index in [1.807, 2.05) is 0 Å². The Balaban J connectivity index is 2.74. The second kappa shape index (κ2) is 5.54. The number of aliphatic hydroxyl groups is 1. The number of carbonyl (C=O) groups excluding carboxylic acids is 1. The summed E-state index contributed by atoms with van der Waals surface area (Å²) in [5.41, 5.74) is 12.7. The van der Waals surface area contributed by atoms with Crippen LogP contribution < -0.4 is 11.5 Å². The minimum Gasteiger partial charge on any atom is -0.399 e. The molecule has 1 rings (SSSR count). The van der Waals surface area contributed by atoms with E-state index < -0.39 is 6.10 Å². The fraction of sp³-hybridized carbons (Fsp3) is 0.417. The van der Waals surface area contributed by atoms with Crippen LogP contribution in [-0.2, 0) is 0 Å². The highest BCUT2D eigenvalue weighted by Crippen LogP contribution is 2.15. The van der Waals surface area contributed by atoms with Crippen molar-refractivity contribution >= 4 is 17.3 Å². The molecule has 0 aliphatic rings. The highest BCUT2D eigenvalue weighted by atomic mass is 16.3. The van der Waals surface area contributed by atoms with Gasteiger partial charge in [-0.1, -0.05) is 0 Å². The third kappa shape index (κ3) is 3.96. The maximum atomic E-state index is 12.0. The summed E-state index contributed by atoms with van der Waals surface area (Å²) in [5, 5.41) is 9.16. The van der Waals surface area contributed by atoms with Gasteiger partial charge in [-0.3, -0.25) is 4.79 Å². The van der Waals surface area contributed by atoms with Crippen LogP contribution in [-0.4, -0.2) is 35.6 Å². The van der Waals surface area contributed by atoms with Gasteiger partial charge < -0.3 is 21.5 Å². The summed E-state index contributed by atoms with van der Waals surface area (Å²) >= 11 is 0. The Hall–Kier alpha value is -1.75. The van der Waals surface area contributed by atoms with Gasteiger partial charge in [-0.05, 0) is 31.5 Å². The molecule has 17 heavy (non-hydrogen) atoms. The molecule has 1 aromatic carbocycles. The van der Waals surface area contributed by atoms with Gasteiger partial charge in [0.25, 0.3) is 5.91 Å². The quantitative estimate of drug-likeness (QED) is 0.672. The predicted octanol–water partition coefficient (Wildman–Crippen LogP) is 0.694. The average molecular weight is 237 g/mol. The first-order valence-corrected chi connectivity index (χ1v) is 5.49. The van der Waals surface area contributed by atoms with Gasteiger partial charge in [0.1, 0.15) is 0 Å². The molecular weight excluding hydrogens is 218 g/mol. The van der Waals surface area contributed by atoms with E-state index >= 15 is 0 Å². The van der Waals surface area contributed by atoms with Crippen molar-refractivity contribution in [2.75, 3.05) is 25.1 Å². The van der Waals surface area contributed by atoms with Crippen molar-refractivity contribution in [1.29, 1.82) is 0 Å². The number of benzene rings is 1. The highest BCUT2D eigenvalue weighted by Gasteiger charge is 2.13. The molecule has 1 atom stereocenters. The molecule has 5 N–H and O–H groups in total. The molecule has 0 saturated heterocycles. The second-order valence-electron chi connectivity index (χ2n) is 4.25. The van der Waals surface area contributed by atoms with E-state index in [4.69, 9.17) is 16.6 Å². The van der Waals surface area contributed by atoms with Crippen molar-refractivity contribution in [3.8, 4) is 0 Å². The van der Waals surface area contributed by atoms with Crippen LogP contribution in [0.1, 0.15) is 23.7 Å². The Morgan fingerprint density at radius 3 is 2.35 bits per heavy atom. The molecular formula is C12H19N3O2. The molecule has 94 valence electrons. The summed E-state index contributed by atoms with van der Waals surface area (Å²) < 4.78 is 0. The van der Waals surface area contributed by atoms with E-state index in [-0.39, 0.29) is 5.91 Å². The topological polar surface area (TPSA) is 92.6 Å². The van der Waals surface area contributed by atoms with Crippen LogP contribution in [0.15, 0.2) is 18.2 Å². The molecule has 0 heterocycles. The molecule has 0 saturated carbocycles. The fourth-order valence-corrected chi connectivity index (χ4v) is 1.50. The first kappa shape index (κ1) is 13.3. The monoisotopic (exact) mass is 237 g/mol. The van der Waals surface area contributed by atoms with Gasteiger partial charge in [0.15, 0.2) is 0 Å². The number of nitrogens with two attached hydrogens (primary N) is 2. The van der Waals surface area contributed by atoms with Crippen molar-refractivity contribution in [1.82, 2.24) is 4.90 Å². The first-order chi connectivity index (χ1) is 7.90. The van der Waals surface area contributed by atoms with E-state index in [0.717, 1.165) is 0 Å². The van der Waals surface area contributed by atoms with Crippen LogP contribution in [0.4, 0.5) is 11.4 Å². The summed E-state index contributed by atoms with van der Waals surface area (Å²) in [4.78, 5) is 13.5. The summed E-state index contributed by atoms with van der Waals surface area (Å²) in [6.07, 6.45) is 0.121. The number of carbonyl (C=O) groups is 1. The van der Waals surface area contributed by atoms with Crippen LogP contribution in [0, 0.1) is 0 Å². The number of aliphatic hydroxyl groups excluding tert-OH is 1. The Morgan fingerprint density at radius 1 is 1.35 bits per heavy atom. The number of hydrogen-bond acceptors (Lipinski definition) is 4. The number of amides is 1. The van der Waals surface area contributed by atoms with Gasteiger partial charge >= 0.3 is 0 Å². The van der Waals surface area contributed by atoms with Gasteiger partial charge in [0.2, 0.25) is 0 Å². The zero-order valence-electron chi connectivity index (χ0n) is 10.2. The van der Waals surface area contributed by atoms with Crippen LogP contribution in [0.25, 0.3) is 0 Å². The third-order valence-electron chi connectivity index (χ3n) is 2.45. The van der Waals surface area contributed by atoms with Gasteiger partial charge in [-0.15, -0.1) is 0 Å². The molecule has 0 radical (unpaired) electrons. The number of anilines is 2. The lowest BCUT2D eigenvalue weighted by atomic mass is 10.1. The van der Waals surface area contributed by atoms with E-state index in [1.165, 1.54) is 0 Å². The molecule has 0 fully saturated rings. The van der Waals surface area contributed by atoms with Crippen LogP contribution in [0.3, 0.4) is 0 Å². The number of nitrogen functional groups attached to an aromatic ring is 2. The lowest BCUT2D eigenvalue weighted by Gasteiger charge is -2.18. The van der Waals surface area contributed by atoms with E-state index in [9.17, 15) is 4.79 Å². The minimum atomic E-state index is -0.420. The van der Waals surface area contributed by atoms with E-state index in [2.05, 4.69) is 0 Å². The van der Waals surface area contributed by atoms with Crippen LogP contribution in [0.5, 0.6) is 0 Å². The smallest absolute Gasteiger partial charge is 0.253 e. The van der Waals surface area contributed by atoms with Gasteiger partial charge in [-0.25, -0.2) is 0 Å². The maximum absolute atomic E-state index is 12.0. The molecule has 0 bridgehead atoms. The maximum Gasteiger partial charge on any atom is 0.253 e. The van der Waals surface area contributed by atoms with Gasteiger partial charge in [-0.2, -0.15) is 0 Å². The molecule has 0 spiro atoms. The highest BCUT2D eigenvalue weighted by molar-refractivity contribution is 5.95. The van der Waals surface area contributed by atoms with Gasteiger partial charge in [0.05, 0.1) is 6.10 Å². The minimum absolute atomic E-state index is 0.148. The number of nitrogens with zero attached hydrogens (tertiary/aromatic N) is 1. The normalized spacial score (nSPS) is 12.2. The zero-order valence-corrected chi connectivity index (χ0v) is 10.2. The largest absolute Gasteiger partial charge is 0.399 e. The SMILES string of the molecule is CC(O)CCN(C)C(=O)c1cc(N)cc(N)c1. The van der Waals surface area contributed by atoms with Crippen molar-refractivity contribution in [2.24, 2.45) is 0 Å². The summed E-state index contributed by atoms with van der Waals surface area (Å²) in [6, 6.07) is 4.79. The number of hydrogen-bond donors (Lipinski definition) is 3. The van der Waals surface area contributed by atoms with Crippen molar-refractivity contribution in [3.05, 3.63) is 23.8 Å². The Morgan fingerprint density at radius 2 is 1.88 bits per heavy atom. The summed E-state index contributed by atoms with van der Waals surface area (Å²) in [6.45, 7) is 2.18. The summed E-state index contributed by atoms with van der Waals surface area (Å²) in [5.74, 6) is -0.148. The molecule has 5 nitrogen and oxygen atoms in total. The van der Waals surface area contributed by atoms with Crippen molar-refractivity contribution in [3.63, 3.8) is 0 Å². The molecule has 0 aliphatic carbocycles. The van der Waals surface area contributed by atoms with Gasteiger partial charge in [0, 0.05) is 30.5 Å². The molecule has 0 aromatic heterocycles. The first-order valence-electron chi connectivity index (χ1n) is 5.49. The Labute approximate surface area is 101 Å². The Kier molecular flexibility index (Phi) is 4.34. The predicted molar refractivity (Wildman–Crippen MR) is 68.5 cm³/mol. The molecule has 0 aliphatic heterocycles. The fourth-order valence-electron chi connectivity index (χ4n) is 1.50. The van der Waals surface area contributed by atoms with E-state index in [1.54, 1.807) is 37.1 Å². The Bertz CT molecular complexity index is 384. The average Bonchev–Trinajstić information content (AvgIpc) is 2.23. The van der Waals surface area contributed by atoms with E-state index in [0.29, 0.717) is 29.9 Å². The zero-order chi connectivity index (χ0) is 13.0. The molecule has 5 heteroatoms. The standard InChI is InChI=1S/C12H19N3O2/c1-8(16)3-4-15(2)12(17)9-5-10(13)7-11(14)6-9/h5-8,16H,3-4,13-14H2,1-2H3. The molecule has 1 aromatic rings. The molecule has 1 amide bonds. The lowest BCUT2D eigenvalue weighted by Crippen LogP contribution is -2.29. The second-order valence-corrected chi connectivity index (χ2v) is 4.25. The summed E-state index contributed by atoms with van der Waals surface area (Å²) in [7, 11) is 1.68. The number of rotatable bonds is 4. The van der Waals surface area contributed by atoms with Crippen LogP contribution >= 0.6 is 0 Å². The van der Waals surface area contributed by atoms with Crippen molar-refractivity contribution in [2.45, 2.75) is 19.4 Å². The van der Waals surface area contributed by atoms with Crippen LogP contribution in [0.2, 0.25) is 0 Å². The molecule has 1 unspecified atom stereocenters.